The number of hydrazone groups is 1. The van der Waals surface area contributed by atoms with Gasteiger partial charge in [-0.3, -0.25) is 10.2 Å². The fraction of sp³-hybridized carbons (Fsp3) is 0.182. The fourth-order valence-electron chi connectivity index (χ4n) is 3.16. The number of aliphatic imine (C=N–C) groups is 1. The maximum absolute atomic E-state index is 12.6. The van der Waals surface area contributed by atoms with Gasteiger partial charge in [0.25, 0.3) is 5.91 Å². The molecule has 2 aromatic rings. The Morgan fingerprint density at radius 2 is 1.71 bits per heavy atom. The second-order valence-electron chi connectivity index (χ2n) is 7.98. The molecule has 0 unspecified atom stereocenters. The summed E-state index contributed by atoms with van der Waals surface area (Å²) in [6.45, 7) is 3.53. The number of rotatable bonds is 6. The second kappa shape index (κ2) is 9.40. The van der Waals surface area contributed by atoms with Gasteiger partial charge in [-0.25, -0.2) is 8.42 Å². The Balaban J connectivity index is 1.55. The molecule has 0 aliphatic carbocycles. The van der Waals surface area contributed by atoms with Crippen molar-refractivity contribution >= 4 is 59.1 Å². The average Bonchev–Trinajstić information content (AvgIpc) is 3.23. The predicted octanol–water partition coefficient (Wildman–Crippen LogP) is 3.10. The summed E-state index contributed by atoms with van der Waals surface area (Å²) in [5, 5.41) is 13.4. The number of nitrogens with zero attached hydrogens (tertiary/aromatic N) is 3. The number of hydrogen-bond donors (Lipinski definition) is 1. The Labute approximate surface area is 207 Å². The van der Waals surface area contributed by atoms with Gasteiger partial charge < -0.3 is 4.18 Å². The summed E-state index contributed by atoms with van der Waals surface area (Å²) in [5.41, 5.74) is 0.385. The molecule has 182 valence electrons. The Morgan fingerprint density at radius 1 is 1.06 bits per heavy atom. The van der Waals surface area contributed by atoms with Crippen LogP contribution < -0.4 is 4.18 Å². The zero-order valence-electron chi connectivity index (χ0n) is 18.6. The monoisotopic (exact) mass is 532 g/mol. The zero-order valence-corrected chi connectivity index (χ0v) is 21.0. The quantitative estimate of drug-likeness (QED) is 0.441. The first-order chi connectivity index (χ1) is 16.5. The number of carbonyl (C=O) groups excluding carboxylic acids is 1. The third kappa shape index (κ3) is 5.36. The first kappa shape index (κ1) is 24.8. The number of carbonyl (C=O) groups is 1. The number of hydrogen-bond acceptors (Lipinski definition) is 9. The lowest BCUT2D eigenvalue weighted by molar-refractivity contribution is -0.114. The van der Waals surface area contributed by atoms with E-state index in [2.05, 4.69) is 10.1 Å². The van der Waals surface area contributed by atoms with Crippen molar-refractivity contribution in [3.8, 4) is 5.75 Å². The van der Waals surface area contributed by atoms with Crippen molar-refractivity contribution in [2.75, 3.05) is 5.75 Å². The van der Waals surface area contributed by atoms with Crippen LogP contribution in [0.1, 0.15) is 19.4 Å². The zero-order chi connectivity index (χ0) is 25.4. The number of amides is 1. The molecular formula is C22H20N4O6S3. The van der Waals surface area contributed by atoms with Crippen LogP contribution in [0.5, 0.6) is 5.75 Å². The van der Waals surface area contributed by atoms with Crippen LogP contribution in [0, 0.1) is 11.3 Å². The lowest BCUT2D eigenvalue weighted by atomic mass is 10.1. The molecule has 35 heavy (non-hydrogen) atoms. The molecule has 0 bridgehead atoms. The summed E-state index contributed by atoms with van der Waals surface area (Å²) >= 11 is 0.740. The van der Waals surface area contributed by atoms with Gasteiger partial charge in [0.1, 0.15) is 10.6 Å². The number of nitrogens with one attached hydrogen (secondary N) is 1. The SMILES string of the molecule is CC(C)CS(=O)(=O)C1=NN2C(=N)/C(=C/c3ccc(OS(=O)(=O)c4ccccc4)cc3)C(=O)N=C2S1. The Bertz CT molecular complexity index is 1490. The van der Waals surface area contributed by atoms with Crippen LogP contribution in [0.4, 0.5) is 0 Å². The van der Waals surface area contributed by atoms with Gasteiger partial charge in [-0.15, -0.1) is 5.10 Å². The summed E-state index contributed by atoms with van der Waals surface area (Å²) in [5.74, 6) is -1.18. The van der Waals surface area contributed by atoms with E-state index in [0.29, 0.717) is 5.56 Å². The van der Waals surface area contributed by atoms with Crippen molar-refractivity contribution in [3.05, 3.63) is 65.7 Å². The van der Waals surface area contributed by atoms with Crippen molar-refractivity contribution < 1.29 is 25.8 Å². The number of thioether (sulfide) groups is 1. The third-order valence-electron chi connectivity index (χ3n) is 4.68. The molecule has 0 atom stereocenters. The van der Waals surface area contributed by atoms with Crippen molar-refractivity contribution in [1.82, 2.24) is 5.01 Å². The standard InChI is InChI=1S/C22H20N4O6S3/c1-14(2)13-34(28,29)22-25-26-19(23)18(20(27)24-21(26)33-22)12-15-8-10-16(11-9-15)32-35(30,31)17-6-4-3-5-7-17/h3-12,14,23H,13H2,1-2H3/b18-12-,23-19?. The molecule has 1 N–H and O–H groups in total. The normalized spacial score (nSPS) is 17.5. The minimum atomic E-state index is -4.00. The molecule has 0 aromatic heterocycles. The molecular weight excluding hydrogens is 512 g/mol. The molecule has 0 spiro atoms. The van der Waals surface area contributed by atoms with Gasteiger partial charge in [-0.2, -0.15) is 18.4 Å². The minimum absolute atomic E-state index is 0.00866. The van der Waals surface area contributed by atoms with Gasteiger partial charge in [-0.1, -0.05) is 44.2 Å². The topological polar surface area (TPSA) is 146 Å². The smallest absolute Gasteiger partial charge is 0.339 e. The molecule has 0 fully saturated rings. The Kier molecular flexibility index (Phi) is 6.66. The summed E-state index contributed by atoms with van der Waals surface area (Å²) in [6, 6.07) is 13.6. The molecule has 2 aliphatic rings. The van der Waals surface area contributed by atoms with Crippen molar-refractivity contribution in [2.24, 2.45) is 16.0 Å². The number of amidine groups is 2. The van der Waals surface area contributed by atoms with E-state index < -0.39 is 25.9 Å². The molecule has 0 radical (unpaired) electrons. The molecule has 0 saturated heterocycles. The van der Waals surface area contributed by atoms with Gasteiger partial charge in [-0.05, 0) is 53.6 Å². The van der Waals surface area contributed by atoms with E-state index in [1.165, 1.54) is 42.5 Å². The Morgan fingerprint density at radius 3 is 2.34 bits per heavy atom. The predicted molar refractivity (Wildman–Crippen MR) is 134 cm³/mol. The van der Waals surface area contributed by atoms with Crippen molar-refractivity contribution in [2.45, 2.75) is 18.7 Å². The molecule has 2 heterocycles. The van der Waals surface area contributed by atoms with Gasteiger partial charge in [0, 0.05) is 0 Å². The molecule has 0 saturated carbocycles. The van der Waals surface area contributed by atoms with E-state index in [9.17, 15) is 21.6 Å². The summed E-state index contributed by atoms with van der Waals surface area (Å²) in [6.07, 6.45) is 1.39. The second-order valence-corrected chi connectivity index (χ2v) is 12.7. The van der Waals surface area contributed by atoms with Gasteiger partial charge in [0.15, 0.2) is 5.84 Å². The van der Waals surface area contributed by atoms with E-state index >= 15 is 0 Å². The van der Waals surface area contributed by atoms with Crippen LogP contribution >= 0.6 is 11.8 Å². The van der Waals surface area contributed by atoms with Crippen LogP contribution in [-0.4, -0.2) is 48.9 Å². The molecule has 1 amide bonds. The van der Waals surface area contributed by atoms with Crippen LogP contribution in [0.25, 0.3) is 6.08 Å². The maximum Gasteiger partial charge on any atom is 0.339 e. The highest BCUT2D eigenvalue weighted by atomic mass is 32.3. The lowest BCUT2D eigenvalue weighted by Crippen LogP contribution is -2.35. The minimum Gasteiger partial charge on any atom is -0.379 e. The maximum atomic E-state index is 12.6. The first-order valence-electron chi connectivity index (χ1n) is 10.3. The van der Waals surface area contributed by atoms with E-state index in [1.54, 1.807) is 32.0 Å². The van der Waals surface area contributed by atoms with E-state index in [4.69, 9.17) is 9.59 Å². The average molecular weight is 533 g/mol. The highest BCUT2D eigenvalue weighted by Crippen LogP contribution is 2.31. The Hall–Kier alpha value is -3.29. The van der Waals surface area contributed by atoms with Crippen LogP contribution in [0.2, 0.25) is 0 Å². The highest BCUT2D eigenvalue weighted by Gasteiger charge is 2.39. The molecule has 13 heteroatoms. The summed E-state index contributed by atoms with van der Waals surface area (Å²) in [4.78, 5) is 16.5. The van der Waals surface area contributed by atoms with E-state index in [-0.39, 0.29) is 43.3 Å². The molecule has 2 aliphatic heterocycles. The number of benzene rings is 2. The van der Waals surface area contributed by atoms with E-state index in [0.717, 1.165) is 16.8 Å². The van der Waals surface area contributed by atoms with E-state index in [1.807, 2.05) is 0 Å². The van der Waals surface area contributed by atoms with Crippen molar-refractivity contribution in [1.29, 1.82) is 5.41 Å². The highest BCUT2D eigenvalue weighted by molar-refractivity contribution is 8.42. The summed E-state index contributed by atoms with van der Waals surface area (Å²) in [7, 11) is -7.67. The lowest BCUT2D eigenvalue weighted by Gasteiger charge is -2.20. The van der Waals surface area contributed by atoms with Crippen LogP contribution in [-0.2, 0) is 24.7 Å². The molecule has 10 nitrogen and oxygen atoms in total. The van der Waals surface area contributed by atoms with Gasteiger partial charge in [0.2, 0.25) is 19.4 Å². The van der Waals surface area contributed by atoms with Crippen LogP contribution in [0.3, 0.4) is 0 Å². The third-order valence-corrected chi connectivity index (χ3v) is 9.38. The largest absolute Gasteiger partial charge is 0.379 e. The summed E-state index contributed by atoms with van der Waals surface area (Å²) < 4.78 is 54.7. The van der Waals surface area contributed by atoms with Gasteiger partial charge >= 0.3 is 10.1 Å². The number of sulfone groups is 1. The molecule has 2 aromatic carbocycles. The molecule has 4 rings (SSSR count). The van der Waals surface area contributed by atoms with Gasteiger partial charge in [0.05, 0.1) is 11.3 Å². The van der Waals surface area contributed by atoms with Crippen molar-refractivity contribution in [3.63, 3.8) is 0 Å². The number of fused-ring (bicyclic) bond motifs is 1. The fourth-order valence-corrected chi connectivity index (χ4v) is 6.90. The first-order valence-corrected chi connectivity index (χ1v) is 14.2. The van der Waals surface area contributed by atoms with Crippen LogP contribution in [0.15, 0.2) is 75.2 Å².